The maximum Gasteiger partial charge on any atom is 0.270 e. The van der Waals surface area contributed by atoms with Crippen molar-refractivity contribution >= 4 is 17.4 Å². The molecule has 0 bridgehead atoms. The molecule has 7 heteroatoms. The van der Waals surface area contributed by atoms with Crippen LogP contribution in [0.15, 0.2) is 54.6 Å². The van der Waals surface area contributed by atoms with Gasteiger partial charge in [0.1, 0.15) is 17.6 Å². The molecule has 0 unspecified atom stereocenters. The molecule has 1 fully saturated rings. The Kier molecular flexibility index (Phi) is 4.97. The topological polar surface area (TPSA) is 85.2 Å². The number of para-hydroxylation sites is 1. The fraction of sp³-hybridized carbons (Fsp3) is 0.250. The van der Waals surface area contributed by atoms with Crippen molar-refractivity contribution in [2.45, 2.75) is 6.42 Å². The zero-order valence-electron chi connectivity index (χ0n) is 17.1. The van der Waals surface area contributed by atoms with Gasteiger partial charge in [0.2, 0.25) is 0 Å². The molecule has 1 aromatic heterocycles. The molecule has 7 nitrogen and oxygen atoms in total. The number of amides is 1. The van der Waals surface area contributed by atoms with Crippen molar-refractivity contribution in [2.75, 3.05) is 42.5 Å². The smallest absolute Gasteiger partial charge is 0.270 e. The maximum absolute atomic E-state index is 12.6. The molecular weight excluding hydrogens is 388 g/mol. The highest BCUT2D eigenvalue weighted by Crippen LogP contribution is 2.29. The molecule has 1 saturated heterocycles. The first-order valence-corrected chi connectivity index (χ1v) is 10.5. The lowest BCUT2D eigenvalue weighted by molar-refractivity contribution is 0.0940. The predicted molar refractivity (Wildman–Crippen MR) is 119 cm³/mol. The average Bonchev–Trinajstić information content (AvgIpc) is 2.84. The molecule has 2 aliphatic heterocycles. The number of anilines is 2. The van der Waals surface area contributed by atoms with Gasteiger partial charge in [0.05, 0.1) is 11.3 Å². The van der Waals surface area contributed by atoms with Crippen LogP contribution < -0.4 is 15.1 Å². The van der Waals surface area contributed by atoms with Gasteiger partial charge in [0.15, 0.2) is 5.82 Å². The number of aromatic nitrogens is 2. The molecule has 3 aromatic rings. The Morgan fingerprint density at radius 2 is 1.61 bits per heavy atom. The average molecular weight is 410 g/mol. The van der Waals surface area contributed by atoms with Gasteiger partial charge in [0, 0.05) is 43.9 Å². The van der Waals surface area contributed by atoms with E-state index in [4.69, 9.17) is 4.98 Å². The quantitative estimate of drug-likeness (QED) is 0.715. The third-order valence-electron chi connectivity index (χ3n) is 5.84. The van der Waals surface area contributed by atoms with Crippen molar-refractivity contribution in [2.24, 2.45) is 0 Å². The van der Waals surface area contributed by atoms with Gasteiger partial charge in [0.25, 0.3) is 5.91 Å². The van der Waals surface area contributed by atoms with Gasteiger partial charge in [-0.3, -0.25) is 4.79 Å². The Hall–Kier alpha value is -3.92. The summed E-state index contributed by atoms with van der Waals surface area (Å²) in [5, 5.41) is 12.3. The van der Waals surface area contributed by atoms with Crippen LogP contribution in [0.2, 0.25) is 0 Å². The Labute approximate surface area is 181 Å². The van der Waals surface area contributed by atoms with Crippen LogP contribution in [0.25, 0.3) is 11.4 Å². The second kappa shape index (κ2) is 8.07. The molecule has 0 aliphatic carbocycles. The Morgan fingerprint density at radius 1 is 0.903 bits per heavy atom. The first kappa shape index (κ1) is 19.1. The summed E-state index contributed by atoms with van der Waals surface area (Å²) in [6, 6.07) is 19.8. The predicted octanol–water partition coefficient (Wildman–Crippen LogP) is 2.63. The van der Waals surface area contributed by atoms with E-state index in [2.05, 4.69) is 26.2 Å². The molecule has 31 heavy (non-hydrogen) atoms. The lowest BCUT2D eigenvalue weighted by Crippen LogP contribution is -2.48. The molecule has 1 N–H and O–H groups in total. The zero-order valence-corrected chi connectivity index (χ0v) is 17.1. The third kappa shape index (κ3) is 3.57. The second-order valence-corrected chi connectivity index (χ2v) is 7.67. The number of benzene rings is 2. The number of carbonyl (C=O) groups excluding carboxylic acids is 1. The van der Waals surface area contributed by atoms with Crippen LogP contribution in [0, 0.1) is 11.3 Å². The van der Waals surface area contributed by atoms with Gasteiger partial charge in [-0.2, -0.15) is 5.26 Å². The highest BCUT2D eigenvalue weighted by Gasteiger charge is 2.28. The van der Waals surface area contributed by atoms with Gasteiger partial charge >= 0.3 is 0 Å². The van der Waals surface area contributed by atoms with Crippen molar-refractivity contribution in [1.29, 1.82) is 5.26 Å². The minimum Gasteiger partial charge on any atom is -0.367 e. The van der Waals surface area contributed by atoms with Gasteiger partial charge in [-0.25, -0.2) is 9.97 Å². The SMILES string of the molecule is N#Cc1ccccc1N1CCN(c2nc(-c3ccccc3)nc3c2CCNC3=O)CC1. The Morgan fingerprint density at radius 3 is 2.39 bits per heavy atom. The van der Waals surface area contributed by atoms with E-state index in [0.29, 0.717) is 23.6 Å². The fourth-order valence-corrected chi connectivity index (χ4v) is 4.26. The van der Waals surface area contributed by atoms with Crippen LogP contribution in [0.3, 0.4) is 0 Å². The molecule has 2 aromatic carbocycles. The molecule has 0 radical (unpaired) electrons. The molecule has 0 saturated carbocycles. The fourth-order valence-electron chi connectivity index (χ4n) is 4.26. The lowest BCUT2D eigenvalue weighted by atomic mass is 10.0. The minimum absolute atomic E-state index is 0.135. The largest absolute Gasteiger partial charge is 0.367 e. The molecule has 5 rings (SSSR count). The third-order valence-corrected chi connectivity index (χ3v) is 5.84. The van der Waals surface area contributed by atoms with Gasteiger partial charge in [-0.1, -0.05) is 42.5 Å². The summed E-state index contributed by atoms with van der Waals surface area (Å²) in [4.78, 5) is 26.6. The molecule has 1 amide bonds. The summed E-state index contributed by atoms with van der Waals surface area (Å²) >= 11 is 0. The van der Waals surface area contributed by atoms with E-state index in [1.165, 1.54) is 0 Å². The minimum atomic E-state index is -0.135. The summed E-state index contributed by atoms with van der Waals surface area (Å²) in [6.45, 7) is 3.69. The normalized spacial score (nSPS) is 15.8. The van der Waals surface area contributed by atoms with Gasteiger partial charge < -0.3 is 15.1 Å². The molecule has 3 heterocycles. The van der Waals surface area contributed by atoms with Crippen molar-refractivity contribution in [1.82, 2.24) is 15.3 Å². The Balaban J connectivity index is 1.47. The molecule has 0 spiro atoms. The Bertz CT molecular complexity index is 1160. The molecular formula is C24H22N6O. The second-order valence-electron chi connectivity index (χ2n) is 7.67. The summed E-state index contributed by atoms with van der Waals surface area (Å²) in [5.74, 6) is 1.29. The first-order valence-electron chi connectivity index (χ1n) is 10.5. The zero-order chi connectivity index (χ0) is 21.2. The van der Waals surface area contributed by atoms with E-state index in [1.807, 2.05) is 54.6 Å². The molecule has 154 valence electrons. The molecule has 0 atom stereocenters. The van der Waals surface area contributed by atoms with E-state index in [-0.39, 0.29) is 5.91 Å². The standard InChI is InChI=1S/C24H22N6O/c25-16-18-8-4-5-9-20(18)29-12-14-30(15-13-29)23-19-10-11-26-24(31)21(19)27-22(28-23)17-6-2-1-3-7-17/h1-9H,10-15H2,(H,26,31). The van der Waals surface area contributed by atoms with Gasteiger partial charge in [-0.05, 0) is 18.6 Å². The van der Waals surface area contributed by atoms with Crippen molar-refractivity contribution in [3.63, 3.8) is 0 Å². The van der Waals surface area contributed by atoms with Crippen molar-refractivity contribution in [3.05, 3.63) is 71.4 Å². The number of carbonyl (C=O) groups is 1. The summed E-state index contributed by atoms with van der Waals surface area (Å²) in [5.41, 5.74) is 3.96. The maximum atomic E-state index is 12.6. The van der Waals surface area contributed by atoms with Crippen LogP contribution in [0.5, 0.6) is 0 Å². The number of fused-ring (bicyclic) bond motifs is 1. The summed E-state index contributed by atoms with van der Waals surface area (Å²) in [6.07, 6.45) is 0.725. The number of hydrogen-bond acceptors (Lipinski definition) is 6. The van der Waals surface area contributed by atoms with Crippen molar-refractivity contribution < 1.29 is 4.79 Å². The van der Waals surface area contributed by atoms with E-state index >= 15 is 0 Å². The number of rotatable bonds is 3. The van der Waals surface area contributed by atoms with Crippen LogP contribution in [0.1, 0.15) is 21.6 Å². The highest BCUT2D eigenvalue weighted by atomic mass is 16.1. The summed E-state index contributed by atoms with van der Waals surface area (Å²) < 4.78 is 0. The van der Waals surface area contributed by atoms with E-state index in [0.717, 1.165) is 55.2 Å². The van der Waals surface area contributed by atoms with Crippen LogP contribution in [-0.4, -0.2) is 48.6 Å². The number of hydrogen-bond donors (Lipinski definition) is 1. The monoisotopic (exact) mass is 410 g/mol. The molecule has 2 aliphatic rings. The number of nitrogens with one attached hydrogen (secondary N) is 1. The number of nitriles is 1. The highest BCUT2D eigenvalue weighted by molar-refractivity contribution is 5.96. The number of nitrogens with zero attached hydrogens (tertiary/aromatic N) is 5. The summed E-state index contributed by atoms with van der Waals surface area (Å²) in [7, 11) is 0. The van der Waals surface area contributed by atoms with Crippen molar-refractivity contribution in [3.8, 4) is 17.5 Å². The van der Waals surface area contributed by atoms with E-state index < -0.39 is 0 Å². The van der Waals surface area contributed by atoms with E-state index in [9.17, 15) is 10.1 Å². The van der Waals surface area contributed by atoms with E-state index in [1.54, 1.807) is 0 Å². The van der Waals surface area contributed by atoms with Crippen LogP contribution in [-0.2, 0) is 6.42 Å². The lowest BCUT2D eigenvalue weighted by Gasteiger charge is -2.38. The first-order chi connectivity index (χ1) is 15.2. The number of piperazine rings is 1. The van der Waals surface area contributed by atoms with Gasteiger partial charge in [-0.15, -0.1) is 0 Å². The van der Waals surface area contributed by atoms with Crippen LogP contribution in [0.4, 0.5) is 11.5 Å². The van der Waals surface area contributed by atoms with Crippen LogP contribution >= 0.6 is 0 Å².